The lowest BCUT2D eigenvalue weighted by Gasteiger charge is -2.40. The van der Waals surface area contributed by atoms with Crippen molar-refractivity contribution in [3.63, 3.8) is 0 Å². The van der Waals surface area contributed by atoms with Crippen molar-refractivity contribution in [3.8, 4) is 5.69 Å². The van der Waals surface area contributed by atoms with Gasteiger partial charge < -0.3 is 4.90 Å². The van der Waals surface area contributed by atoms with Crippen LogP contribution >= 0.6 is 0 Å². The van der Waals surface area contributed by atoms with E-state index >= 15 is 0 Å². The molecule has 2 aliphatic rings. The van der Waals surface area contributed by atoms with Gasteiger partial charge in [0, 0.05) is 70.4 Å². The molecule has 0 atom stereocenters. The van der Waals surface area contributed by atoms with Gasteiger partial charge in [-0.15, -0.1) is 0 Å². The number of hydrogen-bond acceptors (Lipinski definition) is 6. The molecule has 1 aromatic heterocycles. The third-order valence-electron chi connectivity index (χ3n) is 6.27. The molecule has 11 heteroatoms. The summed E-state index contributed by atoms with van der Waals surface area (Å²) in [6, 6.07) is 6.98. The van der Waals surface area contributed by atoms with E-state index in [0.717, 1.165) is 62.9 Å². The summed E-state index contributed by atoms with van der Waals surface area (Å²) in [6.45, 7) is 8.31. The molecule has 0 unspecified atom stereocenters. The van der Waals surface area contributed by atoms with E-state index in [1.807, 2.05) is 13.0 Å². The average molecular weight is 472 g/mol. The second kappa shape index (κ2) is 8.68. The highest BCUT2D eigenvalue weighted by Crippen LogP contribution is 2.30. The van der Waals surface area contributed by atoms with Crippen LogP contribution in [0.15, 0.2) is 30.3 Å². The third kappa shape index (κ3) is 5.10. The highest BCUT2D eigenvalue weighted by Gasteiger charge is 2.34. The number of hydrogen-bond donors (Lipinski definition) is 0. The first-order valence-electron chi connectivity index (χ1n) is 10.6. The van der Waals surface area contributed by atoms with Crippen molar-refractivity contribution < 1.29 is 21.6 Å². The standard InChI is InChI=1S/C21H28F3N5O2S/c1-16-13-20(25-29(16)18-5-3-17(4-6-18)21(22,23)24)28-11-9-26(10-12-28)7-8-27-14-19(15-27)32(2,30)31/h3-6,13,19H,7-12,14-15H2,1-2H3. The van der Waals surface area contributed by atoms with E-state index in [1.54, 1.807) is 4.68 Å². The minimum Gasteiger partial charge on any atom is -0.353 e. The Labute approximate surface area is 186 Å². The van der Waals surface area contributed by atoms with Gasteiger partial charge in [0.05, 0.1) is 16.5 Å². The predicted octanol–water partition coefficient (Wildman–Crippen LogP) is 2.05. The number of likely N-dealkylation sites (tertiary alicyclic amines) is 1. The number of benzene rings is 1. The average Bonchev–Trinajstić information content (AvgIpc) is 3.07. The van der Waals surface area contributed by atoms with Crippen LogP contribution in [0.2, 0.25) is 0 Å². The number of sulfone groups is 1. The molecular weight excluding hydrogens is 443 g/mol. The Balaban J connectivity index is 1.29. The van der Waals surface area contributed by atoms with Crippen LogP contribution in [0, 0.1) is 6.92 Å². The van der Waals surface area contributed by atoms with Crippen LogP contribution < -0.4 is 4.90 Å². The Hall–Kier alpha value is -2.11. The molecule has 4 rings (SSSR count). The number of anilines is 1. The Kier molecular flexibility index (Phi) is 6.25. The van der Waals surface area contributed by atoms with Crippen LogP contribution in [0.5, 0.6) is 0 Å². The monoisotopic (exact) mass is 471 g/mol. The third-order valence-corrected chi connectivity index (χ3v) is 7.78. The summed E-state index contributed by atoms with van der Waals surface area (Å²) < 4.78 is 63.1. The lowest BCUT2D eigenvalue weighted by Crippen LogP contribution is -2.57. The molecule has 7 nitrogen and oxygen atoms in total. The quantitative estimate of drug-likeness (QED) is 0.643. The molecule has 2 fully saturated rings. The predicted molar refractivity (Wildman–Crippen MR) is 117 cm³/mol. The Morgan fingerprint density at radius 3 is 2.16 bits per heavy atom. The summed E-state index contributed by atoms with van der Waals surface area (Å²) in [5, 5.41) is 4.41. The van der Waals surface area contributed by atoms with E-state index in [4.69, 9.17) is 0 Å². The fourth-order valence-corrected chi connectivity index (χ4v) is 5.09. The highest BCUT2D eigenvalue weighted by atomic mass is 32.2. The number of piperazine rings is 1. The topological polar surface area (TPSA) is 61.7 Å². The number of aromatic nitrogens is 2. The van der Waals surface area contributed by atoms with Crippen LogP contribution in [0.1, 0.15) is 11.3 Å². The SMILES string of the molecule is Cc1cc(N2CCN(CCN3CC(S(C)(=O)=O)C3)CC2)nn1-c1ccc(C(F)(F)F)cc1. The van der Waals surface area contributed by atoms with Crippen LogP contribution in [-0.2, 0) is 16.0 Å². The van der Waals surface area contributed by atoms with Crippen LogP contribution in [0.4, 0.5) is 19.0 Å². The van der Waals surface area contributed by atoms with E-state index < -0.39 is 21.6 Å². The summed E-state index contributed by atoms with van der Waals surface area (Å²) in [7, 11) is -2.93. The summed E-state index contributed by atoms with van der Waals surface area (Å²) >= 11 is 0. The molecule has 2 saturated heterocycles. The molecule has 0 bridgehead atoms. The maximum Gasteiger partial charge on any atom is 0.416 e. The van der Waals surface area contributed by atoms with Gasteiger partial charge in [-0.1, -0.05) is 0 Å². The van der Waals surface area contributed by atoms with Crippen LogP contribution in [0.3, 0.4) is 0 Å². The Morgan fingerprint density at radius 1 is 1.00 bits per heavy atom. The first-order valence-corrected chi connectivity index (χ1v) is 12.6. The van der Waals surface area contributed by atoms with Crippen molar-refractivity contribution in [1.82, 2.24) is 19.6 Å². The van der Waals surface area contributed by atoms with E-state index in [9.17, 15) is 21.6 Å². The molecule has 0 amide bonds. The Bertz CT molecular complexity index is 1040. The molecule has 32 heavy (non-hydrogen) atoms. The highest BCUT2D eigenvalue weighted by molar-refractivity contribution is 7.91. The van der Waals surface area contributed by atoms with E-state index in [0.29, 0.717) is 18.8 Å². The zero-order valence-electron chi connectivity index (χ0n) is 18.2. The molecular formula is C21H28F3N5O2S. The van der Waals surface area contributed by atoms with Crippen molar-refractivity contribution in [2.45, 2.75) is 18.3 Å². The number of rotatable bonds is 6. The minimum absolute atomic E-state index is 0.220. The number of aryl methyl sites for hydroxylation is 1. The lowest BCUT2D eigenvalue weighted by molar-refractivity contribution is -0.137. The van der Waals surface area contributed by atoms with Crippen molar-refractivity contribution in [2.75, 3.05) is 63.5 Å². The van der Waals surface area contributed by atoms with Crippen molar-refractivity contribution >= 4 is 15.7 Å². The van der Waals surface area contributed by atoms with Gasteiger partial charge in [0.15, 0.2) is 15.7 Å². The molecule has 2 aromatic rings. The first kappa shape index (κ1) is 23.1. The molecule has 1 aromatic carbocycles. The number of alkyl halides is 3. The molecule has 176 valence electrons. The van der Waals surface area contributed by atoms with Crippen molar-refractivity contribution in [1.29, 1.82) is 0 Å². The fraction of sp³-hybridized carbons (Fsp3) is 0.571. The smallest absolute Gasteiger partial charge is 0.353 e. The van der Waals surface area contributed by atoms with Gasteiger partial charge in [-0.05, 0) is 31.2 Å². The second-order valence-electron chi connectivity index (χ2n) is 8.64. The second-order valence-corrected chi connectivity index (χ2v) is 11.0. The number of nitrogens with zero attached hydrogens (tertiary/aromatic N) is 5. The van der Waals surface area contributed by atoms with E-state index in [1.165, 1.54) is 18.4 Å². The Morgan fingerprint density at radius 2 is 1.59 bits per heavy atom. The van der Waals surface area contributed by atoms with Gasteiger partial charge in [-0.3, -0.25) is 9.80 Å². The fourth-order valence-electron chi connectivity index (χ4n) is 4.12. The maximum atomic E-state index is 12.8. The molecule has 0 aliphatic carbocycles. The summed E-state index contributed by atoms with van der Waals surface area (Å²) in [5.41, 5.74) is 0.787. The van der Waals surface area contributed by atoms with Gasteiger partial charge >= 0.3 is 6.18 Å². The first-order chi connectivity index (χ1) is 15.0. The van der Waals surface area contributed by atoms with Gasteiger partial charge in [0.2, 0.25) is 0 Å². The molecule has 0 radical (unpaired) electrons. The summed E-state index contributed by atoms with van der Waals surface area (Å²) in [5.74, 6) is 0.820. The van der Waals surface area contributed by atoms with E-state index in [2.05, 4.69) is 19.8 Å². The summed E-state index contributed by atoms with van der Waals surface area (Å²) in [6.07, 6.45) is -3.05. The van der Waals surface area contributed by atoms with Crippen molar-refractivity contribution in [2.24, 2.45) is 0 Å². The summed E-state index contributed by atoms with van der Waals surface area (Å²) in [4.78, 5) is 6.73. The van der Waals surface area contributed by atoms with Gasteiger partial charge in [0.25, 0.3) is 0 Å². The number of halogens is 3. The minimum atomic E-state index is -4.35. The maximum absolute atomic E-state index is 12.8. The van der Waals surface area contributed by atoms with Gasteiger partial charge in [-0.25, -0.2) is 13.1 Å². The van der Waals surface area contributed by atoms with Crippen LogP contribution in [0.25, 0.3) is 5.69 Å². The zero-order chi connectivity index (χ0) is 23.1. The largest absolute Gasteiger partial charge is 0.416 e. The van der Waals surface area contributed by atoms with Crippen molar-refractivity contribution in [3.05, 3.63) is 41.6 Å². The van der Waals surface area contributed by atoms with Crippen LogP contribution in [-0.4, -0.2) is 91.9 Å². The zero-order valence-corrected chi connectivity index (χ0v) is 19.0. The lowest BCUT2D eigenvalue weighted by atomic mass is 10.2. The van der Waals surface area contributed by atoms with Gasteiger partial charge in [0.1, 0.15) is 0 Å². The van der Waals surface area contributed by atoms with Gasteiger partial charge in [-0.2, -0.15) is 18.3 Å². The molecule has 0 spiro atoms. The molecule has 3 heterocycles. The van der Waals surface area contributed by atoms with E-state index in [-0.39, 0.29) is 5.25 Å². The normalized spacial score (nSPS) is 19.3. The molecule has 0 saturated carbocycles. The molecule has 0 N–H and O–H groups in total. The molecule has 2 aliphatic heterocycles.